The SMILES string of the molecule is COc1cccc2c(=O)n(CCN(C)C)cnc12. The lowest BCUT2D eigenvalue weighted by atomic mass is 10.2. The van der Waals surface area contributed by atoms with Crippen molar-refractivity contribution in [1.82, 2.24) is 14.5 Å². The van der Waals surface area contributed by atoms with Gasteiger partial charge in [-0.1, -0.05) is 6.07 Å². The molecule has 0 bridgehead atoms. The molecule has 5 nitrogen and oxygen atoms in total. The van der Waals surface area contributed by atoms with E-state index in [0.717, 1.165) is 6.54 Å². The van der Waals surface area contributed by atoms with Crippen LogP contribution in [0.25, 0.3) is 10.9 Å². The Morgan fingerprint density at radius 1 is 1.39 bits per heavy atom. The molecule has 96 valence electrons. The van der Waals surface area contributed by atoms with Gasteiger partial charge in [-0.2, -0.15) is 0 Å². The van der Waals surface area contributed by atoms with Gasteiger partial charge in [-0.3, -0.25) is 9.36 Å². The van der Waals surface area contributed by atoms with Gasteiger partial charge in [-0.15, -0.1) is 0 Å². The van der Waals surface area contributed by atoms with E-state index in [2.05, 4.69) is 4.98 Å². The van der Waals surface area contributed by atoms with E-state index in [9.17, 15) is 4.79 Å². The van der Waals surface area contributed by atoms with Gasteiger partial charge in [0.1, 0.15) is 11.3 Å². The highest BCUT2D eigenvalue weighted by molar-refractivity contribution is 5.83. The van der Waals surface area contributed by atoms with E-state index in [1.165, 1.54) is 0 Å². The molecule has 0 N–H and O–H groups in total. The van der Waals surface area contributed by atoms with E-state index in [1.807, 2.05) is 19.0 Å². The van der Waals surface area contributed by atoms with Crippen LogP contribution >= 0.6 is 0 Å². The molecule has 2 rings (SSSR count). The summed E-state index contributed by atoms with van der Waals surface area (Å²) in [6.07, 6.45) is 1.58. The highest BCUT2D eigenvalue weighted by Crippen LogP contribution is 2.19. The van der Waals surface area contributed by atoms with E-state index in [-0.39, 0.29) is 5.56 Å². The lowest BCUT2D eigenvalue weighted by molar-refractivity contribution is 0.380. The lowest BCUT2D eigenvalue weighted by Crippen LogP contribution is -2.26. The molecule has 0 aliphatic heterocycles. The van der Waals surface area contributed by atoms with Gasteiger partial charge in [0.25, 0.3) is 5.56 Å². The Hall–Kier alpha value is -1.88. The molecule has 1 aromatic carbocycles. The Kier molecular flexibility index (Phi) is 3.62. The minimum atomic E-state index is -0.0271. The van der Waals surface area contributed by atoms with Crippen molar-refractivity contribution in [2.45, 2.75) is 6.54 Å². The highest BCUT2D eigenvalue weighted by atomic mass is 16.5. The molecule has 0 saturated heterocycles. The van der Waals surface area contributed by atoms with Crippen LogP contribution in [0.1, 0.15) is 0 Å². The van der Waals surface area contributed by atoms with Crippen LogP contribution in [0.4, 0.5) is 0 Å². The van der Waals surface area contributed by atoms with Crippen molar-refractivity contribution in [3.63, 3.8) is 0 Å². The molecule has 0 fully saturated rings. The smallest absolute Gasteiger partial charge is 0.261 e. The molecule has 5 heteroatoms. The van der Waals surface area contributed by atoms with Gasteiger partial charge in [-0.25, -0.2) is 4.98 Å². The zero-order valence-corrected chi connectivity index (χ0v) is 10.9. The summed E-state index contributed by atoms with van der Waals surface area (Å²) >= 11 is 0. The molecule has 0 aliphatic rings. The molecule has 0 saturated carbocycles. The van der Waals surface area contributed by atoms with Gasteiger partial charge in [-0.05, 0) is 26.2 Å². The summed E-state index contributed by atoms with van der Waals surface area (Å²) in [7, 11) is 5.53. The minimum absolute atomic E-state index is 0.0271. The molecule has 18 heavy (non-hydrogen) atoms. The van der Waals surface area contributed by atoms with Crippen molar-refractivity contribution in [3.8, 4) is 5.75 Å². The average Bonchev–Trinajstić information content (AvgIpc) is 2.37. The third kappa shape index (κ3) is 2.36. The summed E-state index contributed by atoms with van der Waals surface area (Å²) in [5.74, 6) is 0.629. The highest BCUT2D eigenvalue weighted by Gasteiger charge is 2.08. The number of hydrogen-bond acceptors (Lipinski definition) is 4. The van der Waals surface area contributed by atoms with Crippen LogP contribution in [0.3, 0.4) is 0 Å². The maximum atomic E-state index is 12.3. The number of benzene rings is 1. The predicted molar refractivity (Wildman–Crippen MR) is 71.1 cm³/mol. The van der Waals surface area contributed by atoms with Gasteiger partial charge < -0.3 is 9.64 Å². The summed E-state index contributed by atoms with van der Waals surface area (Å²) in [6, 6.07) is 5.39. The number of methoxy groups -OCH3 is 1. The normalized spacial score (nSPS) is 11.1. The second-order valence-electron chi connectivity index (χ2n) is 4.40. The molecule has 0 unspecified atom stereocenters. The number of fused-ring (bicyclic) bond motifs is 1. The largest absolute Gasteiger partial charge is 0.494 e. The quantitative estimate of drug-likeness (QED) is 0.807. The van der Waals surface area contributed by atoms with E-state index >= 15 is 0 Å². The van der Waals surface area contributed by atoms with Gasteiger partial charge in [0.15, 0.2) is 0 Å². The van der Waals surface area contributed by atoms with Crippen LogP contribution in [0.5, 0.6) is 5.75 Å². The maximum Gasteiger partial charge on any atom is 0.261 e. The minimum Gasteiger partial charge on any atom is -0.494 e. The zero-order chi connectivity index (χ0) is 13.1. The Morgan fingerprint density at radius 3 is 2.83 bits per heavy atom. The van der Waals surface area contributed by atoms with Crippen LogP contribution in [-0.4, -0.2) is 42.2 Å². The van der Waals surface area contributed by atoms with Gasteiger partial charge >= 0.3 is 0 Å². The Labute approximate surface area is 106 Å². The Bertz CT molecular complexity index is 605. The molecule has 1 aromatic heterocycles. The second-order valence-corrected chi connectivity index (χ2v) is 4.40. The molecular weight excluding hydrogens is 230 g/mol. The predicted octanol–water partition coefficient (Wildman–Crippen LogP) is 0.967. The molecule has 0 spiro atoms. The zero-order valence-electron chi connectivity index (χ0n) is 10.9. The van der Waals surface area contributed by atoms with Gasteiger partial charge in [0.05, 0.1) is 18.8 Å². The first-order valence-electron chi connectivity index (χ1n) is 5.80. The van der Waals surface area contributed by atoms with Crippen LogP contribution < -0.4 is 10.3 Å². The van der Waals surface area contributed by atoms with Crippen molar-refractivity contribution in [3.05, 3.63) is 34.9 Å². The molecular formula is C13H17N3O2. The summed E-state index contributed by atoms with van der Waals surface area (Å²) in [6.45, 7) is 1.43. The Balaban J connectivity index is 2.48. The van der Waals surface area contributed by atoms with Crippen molar-refractivity contribution in [2.75, 3.05) is 27.7 Å². The van der Waals surface area contributed by atoms with Crippen molar-refractivity contribution >= 4 is 10.9 Å². The first kappa shape index (κ1) is 12.6. The molecule has 0 amide bonds. The van der Waals surface area contributed by atoms with E-state index < -0.39 is 0 Å². The standard InChI is InChI=1S/C13H17N3O2/c1-15(2)7-8-16-9-14-12-10(13(16)17)5-4-6-11(12)18-3/h4-6,9H,7-8H2,1-3H3. The van der Waals surface area contributed by atoms with E-state index in [0.29, 0.717) is 23.2 Å². The first-order valence-corrected chi connectivity index (χ1v) is 5.80. The van der Waals surface area contributed by atoms with Crippen molar-refractivity contribution in [2.24, 2.45) is 0 Å². The maximum absolute atomic E-state index is 12.3. The van der Waals surface area contributed by atoms with Gasteiger partial charge in [0.2, 0.25) is 0 Å². The lowest BCUT2D eigenvalue weighted by Gasteiger charge is -2.12. The average molecular weight is 247 g/mol. The van der Waals surface area contributed by atoms with Crippen LogP contribution in [0, 0.1) is 0 Å². The fourth-order valence-electron chi connectivity index (χ4n) is 1.79. The summed E-state index contributed by atoms with van der Waals surface area (Å²) in [4.78, 5) is 18.6. The third-order valence-electron chi connectivity index (χ3n) is 2.82. The van der Waals surface area contributed by atoms with E-state index in [4.69, 9.17) is 4.74 Å². The van der Waals surface area contributed by atoms with E-state index in [1.54, 1.807) is 36.2 Å². The molecule has 0 aliphatic carbocycles. The molecule has 0 atom stereocenters. The summed E-state index contributed by atoms with van der Waals surface area (Å²) < 4.78 is 6.83. The molecule has 1 heterocycles. The van der Waals surface area contributed by atoms with Crippen LogP contribution in [0.2, 0.25) is 0 Å². The number of para-hydroxylation sites is 1. The van der Waals surface area contributed by atoms with Crippen molar-refractivity contribution < 1.29 is 4.74 Å². The number of aromatic nitrogens is 2. The van der Waals surface area contributed by atoms with Crippen LogP contribution in [-0.2, 0) is 6.54 Å². The summed E-state index contributed by atoms with van der Waals surface area (Å²) in [5, 5.41) is 0.593. The number of rotatable bonds is 4. The topological polar surface area (TPSA) is 47.4 Å². The Morgan fingerprint density at radius 2 is 2.17 bits per heavy atom. The fourth-order valence-corrected chi connectivity index (χ4v) is 1.79. The monoisotopic (exact) mass is 247 g/mol. The number of nitrogens with zero attached hydrogens (tertiary/aromatic N) is 3. The number of likely N-dealkylation sites (N-methyl/N-ethyl adjacent to an activating group) is 1. The second kappa shape index (κ2) is 5.18. The summed E-state index contributed by atoms with van der Waals surface area (Å²) in [5.41, 5.74) is 0.590. The number of ether oxygens (including phenoxy) is 1. The number of hydrogen-bond donors (Lipinski definition) is 0. The van der Waals surface area contributed by atoms with Gasteiger partial charge in [0, 0.05) is 13.1 Å². The van der Waals surface area contributed by atoms with Crippen LogP contribution in [0.15, 0.2) is 29.3 Å². The molecule has 2 aromatic rings. The molecule has 0 radical (unpaired) electrons. The van der Waals surface area contributed by atoms with Crippen molar-refractivity contribution in [1.29, 1.82) is 0 Å². The third-order valence-corrected chi connectivity index (χ3v) is 2.82. The fraction of sp³-hybridized carbons (Fsp3) is 0.385. The first-order chi connectivity index (χ1) is 8.63.